The molecule has 2 aromatic rings. The average molecular weight is 407 g/mol. The molecule has 0 fully saturated rings. The van der Waals surface area contributed by atoms with E-state index in [1.807, 2.05) is 30.3 Å². The quantitative estimate of drug-likeness (QED) is 0.563. The predicted molar refractivity (Wildman–Crippen MR) is 98.1 cm³/mol. The standard InChI is InChI=1S/C17H13BrClN3O2/c1-24-16-6-5-14(8-15(16)19)22-17(23)11(9-20)10-21-13-4-2-3-12(18)7-13/h2-8,10,21H,1H3,(H,22,23)/b11-10-. The van der Waals surface area contributed by atoms with Crippen molar-refractivity contribution >= 4 is 44.8 Å². The van der Waals surface area contributed by atoms with Crippen LogP contribution in [0.25, 0.3) is 0 Å². The second kappa shape index (κ2) is 8.39. The van der Waals surface area contributed by atoms with E-state index in [-0.39, 0.29) is 5.57 Å². The molecule has 1 amide bonds. The number of amides is 1. The van der Waals surface area contributed by atoms with E-state index in [2.05, 4.69) is 26.6 Å². The van der Waals surface area contributed by atoms with Crippen LogP contribution in [-0.4, -0.2) is 13.0 Å². The van der Waals surface area contributed by atoms with Crippen LogP contribution >= 0.6 is 27.5 Å². The smallest absolute Gasteiger partial charge is 0.267 e. The van der Waals surface area contributed by atoms with Crippen LogP contribution in [0.2, 0.25) is 5.02 Å². The Labute approximate surface area is 153 Å². The highest BCUT2D eigenvalue weighted by Crippen LogP contribution is 2.27. The summed E-state index contributed by atoms with van der Waals surface area (Å²) in [4.78, 5) is 12.2. The molecule has 0 aliphatic heterocycles. The first-order chi connectivity index (χ1) is 11.5. The molecule has 24 heavy (non-hydrogen) atoms. The van der Waals surface area contributed by atoms with Gasteiger partial charge < -0.3 is 15.4 Å². The van der Waals surface area contributed by atoms with Crippen LogP contribution < -0.4 is 15.4 Å². The second-order valence-electron chi connectivity index (χ2n) is 4.63. The Balaban J connectivity index is 2.10. The lowest BCUT2D eigenvalue weighted by atomic mass is 10.2. The van der Waals surface area contributed by atoms with Gasteiger partial charge in [-0.25, -0.2) is 0 Å². The Morgan fingerprint density at radius 3 is 2.71 bits per heavy atom. The topological polar surface area (TPSA) is 74.1 Å². The van der Waals surface area contributed by atoms with Gasteiger partial charge in [0.15, 0.2) is 0 Å². The molecule has 7 heteroatoms. The van der Waals surface area contributed by atoms with E-state index in [0.717, 1.165) is 10.2 Å². The Kier molecular flexibility index (Phi) is 6.24. The molecule has 0 unspecified atom stereocenters. The van der Waals surface area contributed by atoms with Crippen LogP contribution in [0, 0.1) is 11.3 Å². The van der Waals surface area contributed by atoms with Crippen molar-refractivity contribution in [1.82, 2.24) is 0 Å². The van der Waals surface area contributed by atoms with Crippen LogP contribution in [0.5, 0.6) is 5.75 Å². The first-order valence-electron chi connectivity index (χ1n) is 6.80. The van der Waals surface area contributed by atoms with Crippen LogP contribution in [-0.2, 0) is 4.79 Å². The minimum atomic E-state index is -0.541. The highest BCUT2D eigenvalue weighted by molar-refractivity contribution is 9.10. The predicted octanol–water partition coefficient (Wildman–Crippen LogP) is 4.57. The number of nitrogens with zero attached hydrogens (tertiary/aromatic N) is 1. The highest BCUT2D eigenvalue weighted by atomic mass is 79.9. The number of carbonyl (C=O) groups is 1. The molecule has 0 atom stereocenters. The van der Waals surface area contributed by atoms with Gasteiger partial charge in [-0.05, 0) is 36.4 Å². The zero-order chi connectivity index (χ0) is 17.5. The summed E-state index contributed by atoms with van der Waals surface area (Å²) in [6, 6.07) is 14.0. The van der Waals surface area contributed by atoms with Crippen molar-refractivity contribution < 1.29 is 9.53 Å². The van der Waals surface area contributed by atoms with Gasteiger partial charge in [-0.2, -0.15) is 5.26 Å². The van der Waals surface area contributed by atoms with Crippen LogP contribution in [0.1, 0.15) is 0 Å². The number of nitrogens with one attached hydrogen (secondary N) is 2. The summed E-state index contributed by atoms with van der Waals surface area (Å²) in [5.74, 6) is -0.0386. The van der Waals surface area contributed by atoms with Crippen molar-refractivity contribution in [3.8, 4) is 11.8 Å². The van der Waals surface area contributed by atoms with Gasteiger partial charge in [0, 0.05) is 22.0 Å². The third-order valence-electron chi connectivity index (χ3n) is 2.98. The molecule has 122 valence electrons. The van der Waals surface area contributed by atoms with E-state index < -0.39 is 5.91 Å². The summed E-state index contributed by atoms with van der Waals surface area (Å²) in [6.45, 7) is 0. The summed E-state index contributed by atoms with van der Waals surface area (Å²) in [7, 11) is 1.50. The fraction of sp³-hybridized carbons (Fsp3) is 0.0588. The lowest BCUT2D eigenvalue weighted by molar-refractivity contribution is -0.112. The number of carbonyl (C=O) groups excluding carboxylic acids is 1. The number of halogens is 2. The third kappa shape index (κ3) is 4.75. The molecule has 0 aromatic heterocycles. The van der Waals surface area contributed by atoms with Crippen molar-refractivity contribution in [3.63, 3.8) is 0 Å². The lowest BCUT2D eigenvalue weighted by Crippen LogP contribution is -2.14. The van der Waals surface area contributed by atoms with Crippen LogP contribution in [0.15, 0.2) is 58.7 Å². The minimum absolute atomic E-state index is 0.0677. The molecule has 5 nitrogen and oxygen atoms in total. The van der Waals surface area contributed by atoms with Gasteiger partial charge >= 0.3 is 0 Å². The maximum Gasteiger partial charge on any atom is 0.267 e. The summed E-state index contributed by atoms with van der Waals surface area (Å²) < 4.78 is 5.93. The maximum absolute atomic E-state index is 12.2. The van der Waals surface area contributed by atoms with E-state index in [1.165, 1.54) is 13.3 Å². The number of hydrogen-bond acceptors (Lipinski definition) is 4. The van der Waals surface area contributed by atoms with E-state index in [1.54, 1.807) is 18.2 Å². The molecule has 0 aliphatic carbocycles. The Hall–Kier alpha value is -2.49. The van der Waals surface area contributed by atoms with Crippen molar-refractivity contribution in [2.24, 2.45) is 0 Å². The van der Waals surface area contributed by atoms with Gasteiger partial charge in [-0.1, -0.05) is 33.6 Å². The number of nitriles is 1. The highest BCUT2D eigenvalue weighted by Gasteiger charge is 2.10. The fourth-order valence-electron chi connectivity index (χ4n) is 1.82. The molecule has 0 radical (unpaired) electrons. The van der Waals surface area contributed by atoms with Gasteiger partial charge in [0.2, 0.25) is 0 Å². The van der Waals surface area contributed by atoms with Crippen molar-refractivity contribution in [1.29, 1.82) is 5.26 Å². The summed E-state index contributed by atoms with van der Waals surface area (Å²) in [5.41, 5.74) is 1.15. The zero-order valence-corrected chi connectivity index (χ0v) is 15.0. The maximum atomic E-state index is 12.2. The normalized spacial score (nSPS) is 10.7. The SMILES string of the molecule is COc1ccc(NC(=O)/C(C#N)=C\Nc2cccc(Br)c2)cc1Cl. The molecule has 2 rings (SSSR count). The van der Waals surface area contributed by atoms with Crippen LogP contribution in [0.3, 0.4) is 0 Å². The van der Waals surface area contributed by atoms with Crippen LogP contribution in [0.4, 0.5) is 11.4 Å². The van der Waals surface area contributed by atoms with Gasteiger partial charge in [-0.3, -0.25) is 4.79 Å². The molecular weight excluding hydrogens is 394 g/mol. The number of methoxy groups -OCH3 is 1. The van der Waals surface area contributed by atoms with E-state index >= 15 is 0 Å². The minimum Gasteiger partial charge on any atom is -0.495 e. The first-order valence-corrected chi connectivity index (χ1v) is 7.98. The average Bonchev–Trinajstić information content (AvgIpc) is 2.55. The van der Waals surface area contributed by atoms with E-state index in [4.69, 9.17) is 21.6 Å². The Morgan fingerprint density at radius 1 is 1.29 bits per heavy atom. The fourth-order valence-corrected chi connectivity index (χ4v) is 2.48. The lowest BCUT2D eigenvalue weighted by Gasteiger charge is -2.08. The van der Waals surface area contributed by atoms with E-state index in [0.29, 0.717) is 16.5 Å². The molecule has 0 aliphatic rings. The molecule has 0 saturated heterocycles. The summed E-state index contributed by atoms with van der Waals surface area (Å²) >= 11 is 9.36. The van der Waals surface area contributed by atoms with Gasteiger partial charge in [0.1, 0.15) is 17.4 Å². The zero-order valence-electron chi connectivity index (χ0n) is 12.6. The molecule has 0 saturated carbocycles. The van der Waals surface area contributed by atoms with Crippen molar-refractivity contribution in [2.45, 2.75) is 0 Å². The number of benzene rings is 2. The monoisotopic (exact) mass is 405 g/mol. The largest absolute Gasteiger partial charge is 0.495 e. The number of hydrogen-bond donors (Lipinski definition) is 2. The molecule has 0 spiro atoms. The molecule has 0 bridgehead atoms. The van der Waals surface area contributed by atoms with Gasteiger partial charge in [0.05, 0.1) is 12.1 Å². The molecule has 2 aromatic carbocycles. The number of rotatable bonds is 5. The summed E-state index contributed by atoms with van der Waals surface area (Å²) in [6.07, 6.45) is 1.35. The van der Waals surface area contributed by atoms with Gasteiger partial charge in [0.25, 0.3) is 5.91 Å². The molecule has 2 N–H and O–H groups in total. The third-order valence-corrected chi connectivity index (χ3v) is 3.77. The number of anilines is 2. The molecule has 0 heterocycles. The molecular formula is C17H13BrClN3O2. The first kappa shape index (κ1) is 17.9. The van der Waals surface area contributed by atoms with Crippen molar-refractivity contribution in [2.75, 3.05) is 17.7 Å². The van der Waals surface area contributed by atoms with Gasteiger partial charge in [-0.15, -0.1) is 0 Å². The van der Waals surface area contributed by atoms with E-state index in [9.17, 15) is 4.79 Å². The second-order valence-corrected chi connectivity index (χ2v) is 5.95. The summed E-state index contributed by atoms with van der Waals surface area (Å²) in [5, 5.41) is 15.1. The Bertz CT molecular complexity index is 831. The van der Waals surface area contributed by atoms with Crippen molar-refractivity contribution in [3.05, 3.63) is 63.7 Å². The number of ether oxygens (including phenoxy) is 1. The Morgan fingerprint density at radius 2 is 2.08 bits per heavy atom.